The number of anilines is 2. The van der Waals surface area contributed by atoms with Crippen molar-refractivity contribution in [1.29, 1.82) is 0 Å². The summed E-state index contributed by atoms with van der Waals surface area (Å²) >= 11 is 1.27. The zero-order chi connectivity index (χ0) is 28.0. The van der Waals surface area contributed by atoms with Crippen molar-refractivity contribution in [1.82, 2.24) is 19.9 Å². The fraction of sp³-hybridized carbons (Fsp3) is 0.458. The van der Waals surface area contributed by atoms with Gasteiger partial charge in [0, 0.05) is 6.20 Å². The number of aryl methyl sites for hydroxylation is 1. The predicted octanol–water partition coefficient (Wildman–Crippen LogP) is 5.16. The van der Waals surface area contributed by atoms with Crippen LogP contribution in [0.5, 0.6) is 0 Å². The molecule has 0 spiro atoms. The molecule has 0 aliphatic carbocycles. The number of carbonyl (C=O) groups excluding carboxylic acids is 1. The fourth-order valence-corrected chi connectivity index (χ4v) is 4.88. The standard InChI is InChI=1S/C24H26F4N6O3S/c1-11-18(14-6-7-29-17(8-14)23(4,5)24(26,27)28)38-20(31-11)12(2)32-21-30-9-15(25)19(33-21)34-16(13(3)35)10-37-22(34)36/h6-9,12-13,16,35H,10H2,1-5H3,(H,30,32,33)/t12-,13+,16?/m0/s1. The third kappa shape index (κ3) is 5.14. The number of nitrogens with zero attached hydrogens (tertiary/aromatic N) is 5. The first kappa shape index (κ1) is 27.6. The van der Waals surface area contributed by atoms with Gasteiger partial charge in [0.2, 0.25) is 5.95 Å². The summed E-state index contributed by atoms with van der Waals surface area (Å²) in [5.74, 6) is -1.20. The Kier molecular flexibility index (Phi) is 7.32. The Labute approximate surface area is 219 Å². The molecule has 1 saturated heterocycles. The average Bonchev–Trinajstić information content (AvgIpc) is 3.42. The summed E-state index contributed by atoms with van der Waals surface area (Å²) in [5, 5.41) is 13.6. The SMILES string of the molecule is Cc1nc([C@H](C)Nc2ncc(F)c(N3C(=O)OCC3[C@@H](C)O)n2)sc1-c1ccnc(C(C)(C)C(F)(F)F)c1. The van der Waals surface area contributed by atoms with Gasteiger partial charge < -0.3 is 15.2 Å². The number of amides is 1. The van der Waals surface area contributed by atoms with Crippen LogP contribution in [-0.2, 0) is 10.2 Å². The van der Waals surface area contributed by atoms with E-state index < -0.39 is 41.7 Å². The highest BCUT2D eigenvalue weighted by molar-refractivity contribution is 7.15. The van der Waals surface area contributed by atoms with Gasteiger partial charge in [0.15, 0.2) is 11.6 Å². The van der Waals surface area contributed by atoms with E-state index in [1.165, 1.54) is 30.5 Å². The number of cyclic esters (lactones) is 1. The number of hydrogen-bond donors (Lipinski definition) is 2. The van der Waals surface area contributed by atoms with E-state index in [4.69, 9.17) is 4.74 Å². The van der Waals surface area contributed by atoms with Crippen molar-refractivity contribution >= 4 is 29.2 Å². The van der Waals surface area contributed by atoms with E-state index in [2.05, 4.69) is 25.3 Å². The van der Waals surface area contributed by atoms with Gasteiger partial charge in [-0.1, -0.05) is 0 Å². The van der Waals surface area contributed by atoms with Crippen molar-refractivity contribution in [2.45, 2.75) is 64.4 Å². The summed E-state index contributed by atoms with van der Waals surface area (Å²) in [6.45, 7) is 7.02. The molecule has 3 aromatic heterocycles. The molecule has 9 nitrogen and oxygen atoms in total. The number of pyridine rings is 1. The topological polar surface area (TPSA) is 113 Å². The van der Waals surface area contributed by atoms with Crippen LogP contribution in [0, 0.1) is 12.7 Å². The lowest BCUT2D eigenvalue weighted by Crippen LogP contribution is -2.42. The second-order valence-electron chi connectivity index (χ2n) is 9.51. The Balaban J connectivity index is 1.59. The predicted molar refractivity (Wildman–Crippen MR) is 132 cm³/mol. The number of nitrogens with one attached hydrogen (secondary N) is 1. The van der Waals surface area contributed by atoms with Crippen molar-refractivity contribution in [2.24, 2.45) is 0 Å². The fourth-order valence-electron chi connectivity index (χ4n) is 3.82. The summed E-state index contributed by atoms with van der Waals surface area (Å²) in [4.78, 5) is 30.4. The van der Waals surface area contributed by atoms with Crippen LogP contribution in [0.2, 0.25) is 0 Å². The van der Waals surface area contributed by atoms with Crippen LogP contribution in [0.3, 0.4) is 0 Å². The van der Waals surface area contributed by atoms with Crippen LogP contribution >= 0.6 is 11.3 Å². The molecule has 14 heteroatoms. The molecule has 0 radical (unpaired) electrons. The summed E-state index contributed by atoms with van der Waals surface area (Å²) in [6.07, 6.45) is -4.05. The van der Waals surface area contributed by atoms with Crippen LogP contribution in [0.15, 0.2) is 24.5 Å². The molecule has 1 aliphatic heterocycles. The van der Waals surface area contributed by atoms with Crippen LogP contribution in [-0.4, -0.2) is 56.1 Å². The molecule has 1 fully saturated rings. The van der Waals surface area contributed by atoms with Crippen molar-refractivity contribution in [2.75, 3.05) is 16.8 Å². The van der Waals surface area contributed by atoms with Gasteiger partial charge in [-0.15, -0.1) is 11.3 Å². The summed E-state index contributed by atoms with van der Waals surface area (Å²) in [6, 6.07) is 1.76. The average molecular weight is 555 g/mol. The van der Waals surface area contributed by atoms with Crippen molar-refractivity contribution in [3.05, 3.63) is 46.7 Å². The lowest BCUT2D eigenvalue weighted by Gasteiger charge is -2.27. The Hall–Kier alpha value is -3.39. The van der Waals surface area contributed by atoms with Gasteiger partial charge in [0.05, 0.1) is 34.6 Å². The molecule has 4 heterocycles. The zero-order valence-electron chi connectivity index (χ0n) is 21.2. The number of ether oxygens (including phenoxy) is 1. The molecule has 3 aromatic rings. The van der Waals surface area contributed by atoms with Crippen LogP contribution in [0.25, 0.3) is 10.4 Å². The van der Waals surface area contributed by atoms with Crippen molar-refractivity contribution in [3.8, 4) is 10.4 Å². The minimum atomic E-state index is -4.47. The van der Waals surface area contributed by atoms with Crippen molar-refractivity contribution < 1.29 is 32.2 Å². The highest BCUT2D eigenvalue weighted by atomic mass is 32.1. The normalized spacial score (nSPS) is 17.9. The Morgan fingerprint density at radius 3 is 2.61 bits per heavy atom. The van der Waals surface area contributed by atoms with Crippen molar-refractivity contribution in [3.63, 3.8) is 0 Å². The smallest absolute Gasteiger partial charge is 0.416 e. The third-order valence-corrected chi connectivity index (χ3v) is 7.71. The van der Waals surface area contributed by atoms with Gasteiger partial charge in [0.25, 0.3) is 0 Å². The van der Waals surface area contributed by atoms with E-state index in [-0.39, 0.29) is 24.1 Å². The third-order valence-electron chi connectivity index (χ3n) is 6.32. The Bertz CT molecular complexity index is 1350. The minimum absolute atomic E-state index is 0.00506. The van der Waals surface area contributed by atoms with E-state index in [9.17, 15) is 27.5 Å². The van der Waals surface area contributed by atoms with E-state index in [1.807, 2.05) is 0 Å². The largest absolute Gasteiger partial charge is 0.447 e. The number of aliphatic hydroxyl groups is 1. The molecule has 3 atom stereocenters. The minimum Gasteiger partial charge on any atom is -0.447 e. The number of halogens is 4. The summed E-state index contributed by atoms with van der Waals surface area (Å²) in [7, 11) is 0. The van der Waals surface area contributed by atoms with Crippen LogP contribution < -0.4 is 10.2 Å². The Morgan fingerprint density at radius 2 is 1.95 bits per heavy atom. The summed E-state index contributed by atoms with van der Waals surface area (Å²) in [5.41, 5.74) is -1.07. The van der Waals surface area contributed by atoms with Gasteiger partial charge in [0.1, 0.15) is 23.1 Å². The first-order chi connectivity index (χ1) is 17.7. The molecular formula is C24H26F4N6O3S. The van der Waals surface area contributed by atoms with Gasteiger partial charge in [-0.25, -0.2) is 24.1 Å². The number of carbonyl (C=O) groups is 1. The highest BCUT2D eigenvalue weighted by Crippen LogP contribution is 2.41. The number of aromatic nitrogens is 4. The first-order valence-corrected chi connectivity index (χ1v) is 12.5. The van der Waals surface area contributed by atoms with E-state index in [1.54, 1.807) is 19.9 Å². The van der Waals surface area contributed by atoms with Gasteiger partial charge in [-0.3, -0.25) is 4.98 Å². The van der Waals surface area contributed by atoms with E-state index in [0.29, 0.717) is 21.1 Å². The van der Waals surface area contributed by atoms with Gasteiger partial charge in [-0.2, -0.15) is 18.2 Å². The molecule has 38 heavy (non-hydrogen) atoms. The second-order valence-corrected chi connectivity index (χ2v) is 10.5. The maximum absolute atomic E-state index is 14.6. The number of alkyl halides is 3. The molecule has 0 saturated carbocycles. The number of thiazole rings is 1. The van der Waals surface area contributed by atoms with Crippen LogP contribution in [0.4, 0.5) is 34.1 Å². The number of aliphatic hydroxyl groups excluding tert-OH is 1. The first-order valence-electron chi connectivity index (χ1n) is 11.6. The number of hydrogen-bond acceptors (Lipinski definition) is 9. The molecule has 0 bridgehead atoms. The van der Waals surface area contributed by atoms with E-state index in [0.717, 1.165) is 24.9 Å². The van der Waals surface area contributed by atoms with E-state index >= 15 is 0 Å². The summed E-state index contributed by atoms with van der Waals surface area (Å²) < 4.78 is 60.2. The zero-order valence-corrected chi connectivity index (χ0v) is 22.0. The van der Waals surface area contributed by atoms with Gasteiger partial charge in [-0.05, 0) is 52.3 Å². The molecule has 204 valence electrons. The molecular weight excluding hydrogens is 528 g/mol. The van der Waals surface area contributed by atoms with Gasteiger partial charge >= 0.3 is 12.3 Å². The monoisotopic (exact) mass is 554 g/mol. The number of rotatable bonds is 7. The lowest BCUT2D eigenvalue weighted by molar-refractivity contribution is -0.181. The maximum atomic E-state index is 14.6. The molecule has 1 amide bonds. The second kappa shape index (κ2) is 10.1. The van der Waals surface area contributed by atoms with Crippen LogP contribution in [0.1, 0.15) is 50.1 Å². The molecule has 0 aromatic carbocycles. The molecule has 1 unspecified atom stereocenters. The lowest BCUT2D eigenvalue weighted by atomic mass is 9.87. The highest BCUT2D eigenvalue weighted by Gasteiger charge is 2.49. The molecule has 1 aliphatic rings. The Morgan fingerprint density at radius 1 is 1.24 bits per heavy atom. The quantitative estimate of drug-likeness (QED) is 0.385. The molecule has 2 N–H and O–H groups in total. The molecule has 4 rings (SSSR count). The maximum Gasteiger partial charge on any atom is 0.416 e.